The maximum Gasteiger partial charge on any atom is 0.335 e. The molecule has 0 radical (unpaired) electrons. The van der Waals surface area contributed by atoms with Crippen molar-refractivity contribution in [2.75, 3.05) is 13.2 Å². The second-order valence-electron chi connectivity index (χ2n) is 5.48. The summed E-state index contributed by atoms with van der Waals surface area (Å²) in [5.74, 6) is -0.507. The highest BCUT2D eigenvalue weighted by Crippen LogP contribution is 2.16. The first-order chi connectivity index (χ1) is 10.1. The second-order valence-corrected chi connectivity index (χ2v) is 5.48. The number of carboxylic acids is 1. The SMILES string of the molecule is C[C@@H](NC(=O)CCc1ccc(C(=O)O)cc1)[C@H]1CCOC1. The highest BCUT2D eigenvalue weighted by atomic mass is 16.5. The molecule has 1 aromatic carbocycles. The zero-order valence-corrected chi connectivity index (χ0v) is 12.2. The number of rotatable bonds is 6. The summed E-state index contributed by atoms with van der Waals surface area (Å²) in [6, 6.07) is 6.77. The van der Waals surface area contributed by atoms with Crippen molar-refractivity contribution in [1.29, 1.82) is 0 Å². The van der Waals surface area contributed by atoms with Crippen LogP contribution in [-0.2, 0) is 16.0 Å². The van der Waals surface area contributed by atoms with E-state index < -0.39 is 5.97 Å². The van der Waals surface area contributed by atoms with Crippen molar-refractivity contribution in [2.24, 2.45) is 5.92 Å². The van der Waals surface area contributed by atoms with Crippen molar-refractivity contribution in [3.05, 3.63) is 35.4 Å². The smallest absolute Gasteiger partial charge is 0.335 e. The van der Waals surface area contributed by atoms with Gasteiger partial charge in [-0.1, -0.05) is 12.1 Å². The molecule has 0 aliphatic carbocycles. The van der Waals surface area contributed by atoms with Crippen LogP contribution in [0.15, 0.2) is 24.3 Å². The van der Waals surface area contributed by atoms with Gasteiger partial charge in [0.1, 0.15) is 0 Å². The van der Waals surface area contributed by atoms with Gasteiger partial charge in [0.25, 0.3) is 0 Å². The summed E-state index contributed by atoms with van der Waals surface area (Å²) in [6.07, 6.45) is 2.02. The van der Waals surface area contributed by atoms with Crippen LogP contribution in [0.25, 0.3) is 0 Å². The third-order valence-electron chi connectivity index (χ3n) is 3.90. The van der Waals surface area contributed by atoms with Gasteiger partial charge in [-0.05, 0) is 37.5 Å². The number of carbonyl (C=O) groups is 2. The molecule has 0 aromatic heterocycles. The predicted molar refractivity (Wildman–Crippen MR) is 78.3 cm³/mol. The number of hydrogen-bond acceptors (Lipinski definition) is 3. The van der Waals surface area contributed by atoms with Crippen molar-refractivity contribution in [1.82, 2.24) is 5.32 Å². The molecule has 5 nitrogen and oxygen atoms in total. The Labute approximate surface area is 124 Å². The minimum Gasteiger partial charge on any atom is -0.478 e. The van der Waals surface area contributed by atoms with Gasteiger partial charge in [0.15, 0.2) is 0 Å². The Morgan fingerprint density at radius 1 is 1.38 bits per heavy atom. The number of aryl methyl sites for hydroxylation is 1. The van der Waals surface area contributed by atoms with Gasteiger partial charge in [0.05, 0.1) is 12.2 Å². The molecule has 114 valence electrons. The first-order valence-electron chi connectivity index (χ1n) is 7.25. The van der Waals surface area contributed by atoms with E-state index in [4.69, 9.17) is 9.84 Å². The summed E-state index contributed by atoms with van der Waals surface area (Å²) in [4.78, 5) is 22.7. The van der Waals surface area contributed by atoms with E-state index in [9.17, 15) is 9.59 Å². The van der Waals surface area contributed by atoms with Crippen LogP contribution in [0.1, 0.15) is 35.7 Å². The molecule has 0 saturated carbocycles. The van der Waals surface area contributed by atoms with Gasteiger partial charge in [-0.25, -0.2) is 4.79 Å². The summed E-state index contributed by atoms with van der Waals surface area (Å²) in [5, 5.41) is 11.8. The number of benzene rings is 1. The van der Waals surface area contributed by atoms with Crippen molar-refractivity contribution in [3.8, 4) is 0 Å². The molecule has 1 aliphatic rings. The van der Waals surface area contributed by atoms with Crippen LogP contribution in [0.2, 0.25) is 0 Å². The fourth-order valence-corrected chi connectivity index (χ4v) is 2.46. The Kier molecular flexibility index (Phi) is 5.33. The Bertz CT molecular complexity index is 492. The Balaban J connectivity index is 1.76. The molecular weight excluding hydrogens is 270 g/mol. The van der Waals surface area contributed by atoms with Gasteiger partial charge >= 0.3 is 5.97 Å². The molecule has 1 fully saturated rings. The lowest BCUT2D eigenvalue weighted by molar-refractivity contribution is -0.122. The lowest BCUT2D eigenvalue weighted by atomic mass is 10.0. The van der Waals surface area contributed by atoms with Crippen LogP contribution in [0.3, 0.4) is 0 Å². The third kappa shape index (κ3) is 4.56. The van der Waals surface area contributed by atoms with Crippen LogP contribution in [-0.4, -0.2) is 36.2 Å². The zero-order chi connectivity index (χ0) is 15.2. The largest absolute Gasteiger partial charge is 0.478 e. The molecule has 1 saturated heterocycles. The predicted octanol–water partition coefficient (Wildman–Crippen LogP) is 1.86. The van der Waals surface area contributed by atoms with E-state index in [1.165, 1.54) is 0 Å². The van der Waals surface area contributed by atoms with E-state index in [-0.39, 0.29) is 17.5 Å². The molecule has 2 atom stereocenters. The molecule has 0 bridgehead atoms. The van der Waals surface area contributed by atoms with Gasteiger partial charge in [0, 0.05) is 25.0 Å². The molecular formula is C16H21NO4. The van der Waals surface area contributed by atoms with E-state index in [1.807, 2.05) is 6.92 Å². The van der Waals surface area contributed by atoms with Gasteiger partial charge in [-0.2, -0.15) is 0 Å². The van der Waals surface area contributed by atoms with Crippen LogP contribution in [0.4, 0.5) is 0 Å². The Morgan fingerprint density at radius 2 is 2.10 bits per heavy atom. The van der Waals surface area contributed by atoms with Crippen molar-refractivity contribution in [2.45, 2.75) is 32.2 Å². The van der Waals surface area contributed by atoms with Crippen LogP contribution >= 0.6 is 0 Å². The summed E-state index contributed by atoms with van der Waals surface area (Å²) < 4.78 is 5.32. The average Bonchev–Trinajstić information content (AvgIpc) is 3.00. The van der Waals surface area contributed by atoms with Gasteiger partial charge in [0.2, 0.25) is 5.91 Å². The number of nitrogens with one attached hydrogen (secondary N) is 1. The van der Waals surface area contributed by atoms with Crippen LogP contribution in [0.5, 0.6) is 0 Å². The number of hydrogen-bond donors (Lipinski definition) is 2. The van der Waals surface area contributed by atoms with E-state index >= 15 is 0 Å². The number of carboxylic acid groups (broad SMARTS) is 1. The Hall–Kier alpha value is -1.88. The zero-order valence-electron chi connectivity index (χ0n) is 12.2. The monoisotopic (exact) mass is 291 g/mol. The molecule has 2 N–H and O–H groups in total. The van der Waals surface area contributed by atoms with E-state index in [2.05, 4.69) is 5.32 Å². The lowest BCUT2D eigenvalue weighted by Gasteiger charge is -2.19. The fraction of sp³-hybridized carbons (Fsp3) is 0.500. The highest BCUT2D eigenvalue weighted by molar-refractivity contribution is 5.87. The minimum atomic E-state index is -0.938. The maximum absolute atomic E-state index is 11.9. The number of amides is 1. The van der Waals surface area contributed by atoms with Crippen molar-refractivity contribution < 1.29 is 19.4 Å². The van der Waals surface area contributed by atoms with Crippen molar-refractivity contribution >= 4 is 11.9 Å². The van der Waals surface area contributed by atoms with Crippen LogP contribution in [0, 0.1) is 5.92 Å². The second kappa shape index (κ2) is 7.22. The maximum atomic E-state index is 11.9. The summed E-state index contributed by atoms with van der Waals surface area (Å²) >= 11 is 0. The number of aromatic carboxylic acids is 1. The van der Waals surface area contributed by atoms with E-state index in [0.29, 0.717) is 18.8 Å². The highest BCUT2D eigenvalue weighted by Gasteiger charge is 2.23. The fourth-order valence-electron chi connectivity index (χ4n) is 2.46. The summed E-state index contributed by atoms with van der Waals surface area (Å²) in [6.45, 7) is 3.51. The topological polar surface area (TPSA) is 75.6 Å². The molecule has 1 amide bonds. The summed E-state index contributed by atoms with van der Waals surface area (Å²) in [7, 11) is 0. The quantitative estimate of drug-likeness (QED) is 0.839. The average molecular weight is 291 g/mol. The number of ether oxygens (including phenoxy) is 1. The standard InChI is InChI=1S/C16H21NO4/c1-11(14-8-9-21-10-14)17-15(18)7-4-12-2-5-13(6-3-12)16(19)20/h2-3,5-6,11,14H,4,7-10H2,1H3,(H,17,18)(H,19,20)/t11-,14+/m1/s1. The first kappa shape index (κ1) is 15.5. The first-order valence-corrected chi connectivity index (χ1v) is 7.25. The lowest BCUT2D eigenvalue weighted by Crippen LogP contribution is -2.38. The molecule has 5 heteroatoms. The molecule has 21 heavy (non-hydrogen) atoms. The van der Waals surface area contributed by atoms with Crippen molar-refractivity contribution in [3.63, 3.8) is 0 Å². The third-order valence-corrected chi connectivity index (χ3v) is 3.90. The molecule has 1 aliphatic heterocycles. The Morgan fingerprint density at radius 3 is 2.67 bits per heavy atom. The van der Waals surface area contributed by atoms with E-state index in [0.717, 1.165) is 25.2 Å². The number of carbonyl (C=O) groups excluding carboxylic acids is 1. The molecule has 0 unspecified atom stereocenters. The van der Waals surface area contributed by atoms with Gasteiger partial charge in [-0.3, -0.25) is 4.79 Å². The molecule has 1 heterocycles. The molecule has 1 aromatic rings. The molecule has 2 rings (SSSR count). The van der Waals surface area contributed by atoms with Gasteiger partial charge < -0.3 is 15.2 Å². The minimum absolute atomic E-state index is 0.0247. The van der Waals surface area contributed by atoms with Gasteiger partial charge in [-0.15, -0.1) is 0 Å². The summed E-state index contributed by atoms with van der Waals surface area (Å²) in [5.41, 5.74) is 1.23. The van der Waals surface area contributed by atoms with E-state index in [1.54, 1.807) is 24.3 Å². The molecule has 0 spiro atoms. The van der Waals surface area contributed by atoms with Crippen LogP contribution < -0.4 is 5.32 Å². The normalized spacial score (nSPS) is 19.2.